The molecule has 1 rings (SSSR count). The predicted octanol–water partition coefficient (Wildman–Crippen LogP) is 2.24. The summed E-state index contributed by atoms with van der Waals surface area (Å²) >= 11 is 3.39. The van der Waals surface area contributed by atoms with Crippen LogP contribution in [0.5, 0.6) is 5.75 Å². The van der Waals surface area contributed by atoms with E-state index >= 15 is 0 Å². The van der Waals surface area contributed by atoms with E-state index in [0.29, 0.717) is 44.2 Å². The standard InChI is InChI=1S/C15H22BrNO4/c1-19-8-6-17(7-9-20-2)11-14(18)12-4-5-15(21-3)13(16)10-12/h4-5,10H,6-9,11H2,1-3H3. The van der Waals surface area contributed by atoms with Crippen LogP contribution in [0.25, 0.3) is 0 Å². The summed E-state index contributed by atoms with van der Waals surface area (Å²) < 4.78 is 16.1. The van der Waals surface area contributed by atoms with Crippen molar-refractivity contribution in [1.82, 2.24) is 4.90 Å². The van der Waals surface area contributed by atoms with Gasteiger partial charge in [-0.25, -0.2) is 0 Å². The molecule has 1 aromatic carbocycles. The molecule has 21 heavy (non-hydrogen) atoms. The van der Waals surface area contributed by atoms with Gasteiger partial charge in [-0.2, -0.15) is 0 Å². The van der Waals surface area contributed by atoms with Gasteiger partial charge in [0, 0.05) is 32.9 Å². The number of ketones is 1. The summed E-state index contributed by atoms with van der Waals surface area (Å²) in [4.78, 5) is 14.4. The molecular weight excluding hydrogens is 338 g/mol. The normalized spacial score (nSPS) is 10.9. The largest absolute Gasteiger partial charge is 0.496 e. The Morgan fingerprint density at radius 1 is 1.14 bits per heavy atom. The van der Waals surface area contributed by atoms with Crippen LogP contribution >= 0.6 is 15.9 Å². The van der Waals surface area contributed by atoms with Gasteiger partial charge in [0.15, 0.2) is 5.78 Å². The lowest BCUT2D eigenvalue weighted by atomic mass is 10.1. The Morgan fingerprint density at radius 3 is 2.24 bits per heavy atom. The van der Waals surface area contributed by atoms with Gasteiger partial charge in [0.05, 0.1) is 31.3 Å². The molecule has 6 heteroatoms. The lowest BCUT2D eigenvalue weighted by Crippen LogP contribution is -2.35. The van der Waals surface area contributed by atoms with Gasteiger partial charge in [-0.3, -0.25) is 9.69 Å². The Kier molecular flexibility index (Phi) is 8.52. The number of nitrogens with zero attached hydrogens (tertiary/aromatic N) is 1. The molecule has 118 valence electrons. The van der Waals surface area contributed by atoms with Crippen molar-refractivity contribution in [2.45, 2.75) is 0 Å². The molecule has 0 N–H and O–H groups in total. The summed E-state index contributed by atoms with van der Waals surface area (Å²) in [6, 6.07) is 5.34. The highest BCUT2D eigenvalue weighted by molar-refractivity contribution is 9.10. The second-order valence-electron chi connectivity index (χ2n) is 4.53. The van der Waals surface area contributed by atoms with Crippen LogP contribution in [0.15, 0.2) is 22.7 Å². The van der Waals surface area contributed by atoms with E-state index in [9.17, 15) is 4.79 Å². The molecule has 0 unspecified atom stereocenters. The van der Waals surface area contributed by atoms with Crippen LogP contribution in [0, 0.1) is 0 Å². The van der Waals surface area contributed by atoms with Crippen molar-refractivity contribution in [1.29, 1.82) is 0 Å². The first-order valence-electron chi connectivity index (χ1n) is 6.69. The molecule has 0 saturated carbocycles. The molecule has 0 amide bonds. The van der Waals surface area contributed by atoms with Gasteiger partial charge in [0.25, 0.3) is 0 Å². The van der Waals surface area contributed by atoms with Crippen LogP contribution in [0.3, 0.4) is 0 Å². The average molecular weight is 360 g/mol. The molecule has 1 aromatic rings. The quantitative estimate of drug-likeness (QED) is 0.599. The van der Waals surface area contributed by atoms with Crippen molar-refractivity contribution in [2.75, 3.05) is 54.2 Å². The van der Waals surface area contributed by atoms with E-state index in [-0.39, 0.29) is 5.78 Å². The molecule has 0 bridgehead atoms. The summed E-state index contributed by atoms with van der Waals surface area (Å²) in [6.07, 6.45) is 0. The number of ether oxygens (including phenoxy) is 3. The van der Waals surface area contributed by atoms with Crippen molar-refractivity contribution in [3.05, 3.63) is 28.2 Å². The van der Waals surface area contributed by atoms with E-state index in [1.807, 2.05) is 4.90 Å². The fourth-order valence-corrected chi connectivity index (χ4v) is 2.39. The Hall–Kier alpha value is -0.950. The summed E-state index contributed by atoms with van der Waals surface area (Å²) in [7, 11) is 4.90. The Bertz CT molecular complexity index is 445. The van der Waals surface area contributed by atoms with E-state index in [2.05, 4.69) is 15.9 Å². The number of hydrogen-bond donors (Lipinski definition) is 0. The van der Waals surface area contributed by atoms with E-state index < -0.39 is 0 Å². The van der Waals surface area contributed by atoms with Crippen LogP contribution < -0.4 is 4.74 Å². The number of halogens is 1. The molecule has 0 fully saturated rings. The first kappa shape index (κ1) is 18.1. The van der Waals surface area contributed by atoms with Crippen molar-refractivity contribution in [3.63, 3.8) is 0 Å². The first-order chi connectivity index (χ1) is 10.1. The van der Waals surface area contributed by atoms with Crippen LogP contribution in [0.4, 0.5) is 0 Å². The van der Waals surface area contributed by atoms with Crippen LogP contribution in [-0.4, -0.2) is 64.9 Å². The lowest BCUT2D eigenvalue weighted by molar-refractivity contribution is 0.0837. The number of benzene rings is 1. The van der Waals surface area contributed by atoms with Gasteiger partial charge in [-0.05, 0) is 34.1 Å². The van der Waals surface area contributed by atoms with E-state index in [1.165, 1.54) is 0 Å². The molecule has 5 nitrogen and oxygen atoms in total. The maximum absolute atomic E-state index is 12.3. The first-order valence-corrected chi connectivity index (χ1v) is 7.48. The number of hydrogen-bond acceptors (Lipinski definition) is 5. The minimum Gasteiger partial charge on any atom is -0.496 e. The lowest BCUT2D eigenvalue weighted by Gasteiger charge is -2.20. The fraction of sp³-hybridized carbons (Fsp3) is 0.533. The average Bonchev–Trinajstić information content (AvgIpc) is 2.49. The third-order valence-electron chi connectivity index (χ3n) is 3.06. The van der Waals surface area contributed by atoms with Crippen LogP contribution in [-0.2, 0) is 9.47 Å². The third kappa shape index (κ3) is 6.13. The minimum absolute atomic E-state index is 0.0607. The number of methoxy groups -OCH3 is 3. The number of Topliss-reactive ketones (excluding diaryl/α,β-unsaturated/α-hetero) is 1. The van der Waals surface area contributed by atoms with Crippen LogP contribution in [0.1, 0.15) is 10.4 Å². The van der Waals surface area contributed by atoms with E-state index in [4.69, 9.17) is 14.2 Å². The van der Waals surface area contributed by atoms with E-state index in [0.717, 1.165) is 4.47 Å². The second kappa shape index (κ2) is 9.89. The Balaban J connectivity index is 2.68. The molecule has 0 atom stereocenters. The molecule has 0 radical (unpaired) electrons. The zero-order valence-electron chi connectivity index (χ0n) is 12.7. The fourth-order valence-electron chi connectivity index (χ4n) is 1.84. The van der Waals surface area contributed by atoms with Gasteiger partial charge in [0.1, 0.15) is 5.75 Å². The molecule has 0 spiro atoms. The number of carbonyl (C=O) groups is 1. The topological polar surface area (TPSA) is 48.0 Å². The van der Waals surface area contributed by atoms with Gasteiger partial charge < -0.3 is 14.2 Å². The van der Waals surface area contributed by atoms with Gasteiger partial charge in [0.2, 0.25) is 0 Å². The summed E-state index contributed by atoms with van der Waals surface area (Å²) in [5, 5.41) is 0. The molecule has 0 saturated heterocycles. The second-order valence-corrected chi connectivity index (χ2v) is 5.39. The highest BCUT2D eigenvalue weighted by Crippen LogP contribution is 2.25. The monoisotopic (exact) mass is 359 g/mol. The van der Waals surface area contributed by atoms with Crippen molar-refractivity contribution in [2.24, 2.45) is 0 Å². The summed E-state index contributed by atoms with van der Waals surface area (Å²) in [5.41, 5.74) is 0.655. The smallest absolute Gasteiger partial charge is 0.176 e. The summed E-state index contributed by atoms with van der Waals surface area (Å²) in [6.45, 7) is 2.91. The van der Waals surface area contributed by atoms with Gasteiger partial charge >= 0.3 is 0 Å². The SMILES string of the molecule is COCCN(CCOC)CC(=O)c1ccc(OC)c(Br)c1. The maximum atomic E-state index is 12.3. The number of rotatable bonds is 10. The third-order valence-corrected chi connectivity index (χ3v) is 3.68. The molecule has 0 aliphatic heterocycles. The molecule has 0 aromatic heterocycles. The van der Waals surface area contributed by atoms with Crippen molar-refractivity contribution in [3.8, 4) is 5.75 Å². The zero-order chi connectivity index (χ0) is 15.7. The maximum Gasteiger partial charge on any atom is 0.176 e. The summed E-state index contributed by atoms with van der Waals surface area (Å²) in [5.74, 6) is 0.771. The van der Waals surface area contributed by atoms with Gasteiger partial charge in [-0.1, -0.05) is 0 Å². The van der Waals surface area contributed by atoms with Crippen LogP contribution in [0.2, 0.25) is 0 Å². The molecule has 0 aliphatic rings. The van der Waals surface area contributed by atoms with Crippen molar-refractivity contribution < 1.29 is 19.0 Å². The zero-order valence-corrected chi connectivity index (χ0v) is 14.3. The highest BCUT2D eigenvalue weighted by Gasteiger charge is 2.14. The minimum atomic E-state index is 0.0607. The Morgan fingerprint density at radius 2 is 1.76 bits per heavy atom. The van der Waals surface area contributed by atoms with E-state index in [1.54, 1.807) is 39.5 Å². The van der Waals surface area contributed by atoms with Gasteiger partial charge in [-0.15, -0.1) is 0 Å². The van der Waals surface area contributed by atoms with Crippen molar-refractivity contribution >= 4 is 21.7 Å². The highest BCUT2D eigenvalue weighted by atomic mass is 79.9. The molecule has 0 aliphatic carbocycles. The Labute approximate surface area is 134 Å². The molecular formula is C15H22BrNO4. The number of carbonyl (C=O) groups excluding carboxylic acids is 1. The molecule has 0 heterocycles. The predicted molar refractivity (Wildman–Crippen MR) is 85.2 cm³/mol.